The van der Waals surface area contributed by atoms with E-state index in [1.54, 1.807) is 7.05 Å². The van der Waals surface area contributed by atoms with Crippen molar-refractivity contribution in [1.82, 2.24) is 9.88 Å². The molecule has 1 rings (SSSR count). The van der Waals surface area contributed by atoms with Crippen LogP contribution in [0.5, 0.6) is 0 Å². The van der Waals surface area contributed by atoms with E-state index in [9.17, 15) is 4.79 Å². The van der Waals surface area contributed by atoms with Crippen molar-refractivity contribution in [2.45, 2.75) is 6.92 Å². The molecule has 1 amide bonds. The van der Waals surface area contributed by atoms with E-state index in [2.05, 4.69) is 4.98 Å². The van der Waals surface area contributed by atoms with Crippen LogP contribution in [0.2, 0.25) is 0 Å². The zero-order valence-electron chi connectivity index (χ0n) is 8.19. The Balaban J connectivity index is 3.08. The zero-order chi connectivity index (χ0) is 10.6. The number of aromatic nitrogens is 1. The van der Waals surface area contributed by atoms with Crippen molar-refractivity contribution < 1.29 is 4.79 Å². The summed E-state index contributed by atoms with van der Waals surface area (Å²) in [7, 11) is 1.69. The summed E-state index contributed by atoms with van der Waals surface area (Å²) in [4.78, 5) is 17.1. The third-order valence-electron chi connectivity index (χ3n) is 1.99. The van der Waals surface area contributed by atoms with Gasteiger partial charge in [-0.3, -0.25) is 9.78 Å². The van der Waals surface area contributed by atoms with E-state index < -0.39 is 0 Å². The molecular formula is C10H11N3O. The van der Waals surface area contributed by atoms with Gasteiger partial charge in [0.05, 0.1) is 11.1 Å². The van der Waals surface area contributed by atoms with E-state index in [4.69, 9.17) is 5.26 Å². The Hall–Kier alpha value is -1.89. The topological polar surface area (TPSA) is 57.0 Å². The molecule has 0 aliphatic carbocycles. The number of pyridine rings is 1. The van der Waals surface area contributed by atoms with E-state index in [0.717, 1.165) is 0 Å². The Morgan fingerprint density at radius 2 is 2.43 bits per heavy atom. The summed E-state index contributed by atoms with van der Waals surface area (Å²) in [6, 6.07) is 3.51. The molecular weight excluding hydrogens is 178 g/mol. The Labute approximate surface area is 82.8 Å². The van der Waals surface area contributed by atoms with Gasteiger partial charge in [-0.05, 0) is 13.0 Å². The van der Waals surface area contributed by atoms with Crippen molar-refractivity contribution >= 4 is 5.91 Å². The van der Waals surface area contributed by atoms with Crippen molar-refractivity contribution in [3.05, 3.63) is 29.6 Å². The van der Waals surface area contributed by atoms with E-state index in [-0.39, 0.29) is 5.91 Å². The smallest absolute Gasteiger partial charge is 0.256 e. The zero-order valence-corrected chi connectivity index (χ0v) is 8.19. The van der Waals surface area contributed by atoms with Crippen molar-refractivity contribution in [3.63, 3.8) is 0 Å². The summed E-state index contributed by atoms with van der Waals surface area (Å²) >= 11 is 0. The lowest BCUT2D eigenvalue weighted by atomic mass is 10.1. The van der Waals surface area contributed by atoms with E-state index in [0.29, 0.717) is 17.7 Å². The van der Waals surface area contributed by atoms with Crippen LogP contribution in [0.1, 0.15) is 22.8 Å². The van der Waals surface area contributed by atoms with Crippen LogP contribution in [0.3, 0.4) is 0 Å². The molecule has 72 valence electrons. The van der Waals surface area contributed by atoms with Gasteiger partial charge in [0, 0.05) is 26.0 Å². The molecule has 0 atom stereocenters. The van der Waals surface area contributed by atoms with Gasteiger partial charge in [0.25, 0.3) is 5.91 Å². The number of hydrogen-bond donors (Lipinski definition) is 0. The van der Waals surface area contributed by atoms with Gasteiger partial charge in [-0.1, -0.05) is 0 Å². The molecule has 4 nitrogen and oxygen atoms in total. The summed E-state index contributed by atoms with van der Waals surface area (Å²) in [5, 5.41) is 8.77. The highest BCUT2D eigenvalue weighted by Gasteiger charge is 2.14. The third kappa shape index (κ3) is 1.88. The minimum Gasteiger partial charge on any atom is -0.342 e. The molecule has 0 radical (unpaired) electrons. The Kier molecular flexibility index (Phi) is 3.19. The van der Waals surface area contributed by atoms with Crippen LogP contribution in [0.4, 0.5) is 0 Å². The first-order valence-corrected chi connectivity index (χ1v) is 4.30. The average molecular weight is 189 g/mol. The van der Waals surface area contributed by atoms with Crippen LogP contribution in [0.25, 0.3) is 0 Å². The SMILES string of the molecule is CCN(C)C(=O)c1cnccc1C#N. The molecule has 0 unspecified atom stereocenters. The fourth-order valence-corrected chi connectivity index (χ4v) is 1.01. The van der Waals surface area contributed by atoms with Gasteiger partial charge in [0.1, 0.15) is 6.07 Å². The van der Waals surface area contributed by atoms with Gasteiger partial charge >= 0.3 is 0 Å². The minimum absolute atomic E-state index is 0.169. The van der Waals surface area contributed by atoms with Crippen LogP contribution >= 0.6 is 0 Å². The molecule has 0 saturated heterocycles. The van der Waals surface area contributed by atoms with Gasteiger partial charge < -0.3 is 4.90 Å². The molecule has 0 spiro atoms. The van der Waals surface area contributed by atoms with Crippen molar-refractivity contribution in [1.29, 1.82) is 5.26 Å². The number of carbonyl (C=O) groups is 1. The second-order valence-electron chi connectivity index (χ2n) is 2.85. The Bertz CT molecular complexity index is 381. The molecule has 0 bridgehead atoms. The number of nitrogens with zero attached hydrogens (tertiary/aromatic N) is 3. The summed E-state index contributed by atoms with van der Waals surface area (Å²) in [6.07, 6.45) is 2.92. The maximum Gasteiger partial charge on any atom is 0.256 e. The van der Waals surface area contributed by atoms with E-state index >= 15 is 0 Å². The number of amides is 1. The maximum atomic E-state index is 11.7. The standard InChI is InChI=1S/C10H11N3O/c1-3-13(2)10(14)9-7-12-5-4-8(9)6-11/h4-5,7H,3H2,1-2H3. The minimum atomic E-state index is -0.169. The predicted octanol–water partition coefficient (Wildman–Crippen LogP) is 1.05. The average Bonchev–Trinajstić information content (AvgIpc) is 2.26. The van der Waals surface area contributed by atoms with Gasteiger partial charge in [-0.15, -0.1) is 0 Å². The van der Waals surface area contributed by atoms with E-state index in [1.807, 2.05) is 13.0 Å². The number of hydrogen-bond acceptors (Lipinski definition) is 3. The monoisotopic (exact) mass is 189 g/mol. The first kappa shape index (κ1) is 10.2. The second kappa shape index (κ2) is 4.38. The summed E-state index contributed by atoms with van der Waals surface area (Å²) in [5.74, 6) is -0.169. The molecule has 0 saturated carbocycles. The molecule has 14 heavy (non-hydrogen) atoms. The lowest BCUT2D eigenvalue weighted by Gasteiger charge is -2.14. The van der Waals surface area contributed by atoms with E-state index in [1.165, 1.54) is 23.4 Å². The predicted molar refractivity (Wildman–Crippen MR) is 51.6 cm³/mol. The van der Waals surface area contributed by atoms with Crippen molar-refractivity contribution in [2.75, 3.05) is 13.6 Å². The maximum absolute atomic E-state index is 11.7. The van der Waals surface area contributed by atoms with Crippen LogP contribution in [0.15, 0.2) is 18.5 Å². The highest BCUT2D eigenvalue weighted by molar-refractivity contribution is 5.96. The lowest BCUT2D eigenvalue weighted by Crippen LogP contribution is -2.27. The quantitative estimate of drug-likeness (QED) is 0.698. The summed E-state index contributed by atoms with van der Waals surface area (Å²) in [5.41, 5.74) is 0.727. The first-order chi connectivity index (χ1) is 6.70. The molecule has 0 aromatic carbocycles. The third-order valence-corrected chi connectivity index (χ3v) is 1.99. The fraction of sp³-hybridized carbons (Fsp3) is 0.300. The molecule has 1 aromatic heterocycles. The molecule has 4 heteroatoms. The second-order valence-corrected chi connectivity index (χ2v) is 2.85. The molecule has 1 aromatic rings. The lowest BCUT2D eigenvalue weighted by molar-refractivity contribution is 0.0801. The molecule has 1 heterocycles. The number of carbonyl (C=O) groups excluding carboxylic acids is 1. The first-order valence-electron chi connectivity index (χ1n) is 4.30. The van der Waals surface area contributed by atoms with Gasteiger partial charge in [0.15, 0.2) is 0 Å². The largest absolute Gasteiger partial charge is 0.342 e. The van der Waals surface area contributed by atoms with Crippen LogP contribution in [-0.2, 0) is 0 Å². The molecule has 0 fully saturated rings. The molecule has 0 aliphatic rings. The molecule has 0 aliphatic heterocycles. The van der Waals surface area contributed by atoms with Crippen LogP contribution < -0.4 is 0 Å². The fourth-order valence-electron chi connectivity index (χ4n) is 1.01. The van der Waals surface area contributed by atoms with Gasteiger partial charge in [-0.2, -0.15) is 5.26 Å². The van der Waals surface area contributed by atoms with Crippen LogP contribution in [0, 0.1) is 11.3 Å². The number of rotatable bonds is 2. The summed E-state index contributed by atoms with van der Waals surface area (Å²) < 4.78 is 0. The van der Waals surface area contributed by atoms with Crippen molar-refractivity contribution in [2.24, 2.45) is 0 Å². The van der Waals surface area contributed by atoms with Crippen LogP contribution in [-0.4, -0.2) is 29.4 Å². The number of nitriles is 1. The Morgan fingerprint density at radius 3 is 3.00 bits per heavy atom. The Morgan fingerprint density at radius 1 is 1.71 bits per heavy atom. The van der Waals surface area contributed by atoms with Crippen molar-refractivity contribution in [3.8, 4) is 6.07 Å². The highest BCUT2D eigenvalue weighted by atomic mass is 16.2. The highest BCUT2D eigenvalue weighted by Crippen LogP contribution is 2.07. The normalized spacial score (nSPS) is 9.21. The summed E-state index contributed by atoms with van der Waals surface area (Å²) in [6.45, 7) is 2.49. The molecule has 0 N–H and O–H groups in total. The van der Waals surface area contributed by atoms with Gasteiger partial charge in [-0.25, -0.2) is 0 Å². The van der Waals surface area contributed by atoms with Gasteiger partial charge in [0.2, 0.25) is 0 Å².